The summed E-state index contributed by atoms with van der Waals surface area (Å²) in [6, 6.07) is 8.00. The van der Waals surface area contributed by atoms with Gasteiger partial charge in [0.2, 0.25) is 0 Å². The van der Waals surface area contributed by atoms with Gasteiger partial charge in [-0.1, -0.05) is 36.5 Å². The first-order valence-corrected chi connectivity index (χ1v) is 6.85. The van der Waals surface area contributed by atoms with Gasteiger partial charge in [0, 0.05) is 32.7 Å². The molecule has 1 aliphatic rings. The summed E-state index contributed by atoms with van der Waals surface area (Å²) in [6.07, 6.45) is 0.731. The third-order valence-corrected chi connectivity index (χ3v) is 2.65. The molecule has 3 radical (unpaired) electrons. The van der Waals surface area contributed by atoms with E-state index in [4.69, 9.17) is 10.5 Å². The minimum Gasteiger partial charge on any atom is -0.465 e. The molecule has 0 saturated heterocycles. The molecule has 1 unspecified atom stereocenters. The zero-order valence-corrected chi connectivity index (χ0v) is 16.4. The number of thiol groups is 1. The number of fused-ring (bicyclic) bond motifs is 1. The van der Waals surface area contributed by atoms with Gasteiger partial charge in [-0.3, -0.25) is 4.79 Å². The Morgan fingerprint density at radius 2 is 2.05 bits per heavy atom. The summed E-state index contributed by atoms with van der Waals surface area (Å²) in [4.78, 5) is 11.5. The molecule has 0 fully saturated rings. The topological polar surface area (TPSA) is 64.3 Å². The van der Waals surface area contributed by atoms with Crippen LogP contribution in [0.1, 0.15) is 18.1 Å². The fourth-order valence-electron chi connectivity index (χ4n) is 1.86. The van der Waals surface area contributed by atoms with E-state index in [-0.39, 0.29) is 42.5 Å². The standard InChI is InChI=1S/C12H15NO2.CH3NS2.Bi/c1-2-15-12(14)11-7-9-5-3-4-6-10(9)8-13-11;2-1(3)4;/h3-6,11,13H,2,7-8H2,1H3;(H3,2,3,4);. The van der Waals surface area contributed by atoms with E-state index < -0.39 is 0 Å². The third kappa shape index (κ3) is 6.98. The van der Waals surface area contributed by atoms with Crippen LogP contribution >= 0.6 is 24.8 Å². The average molecular weight is 507 g/mol. The Labute approximate surface area is 149 Å². The van der Waals surface area contributed by atoms with Crippen LogP contribution in [0.3, 0.4) is 0 Å². The second-order valence-electron chi connectivity index (χ2n) is 4.00. The van der Waals surface area contributed by atoms with Gasteiger partial charge in [-0.15, -0.1) is 12.6 Å². The molecular weight excluding hydrogens is 489 g/mol. The average Bonchev–Trinajstić information content (AvgIpc) is 2.38. The molecule has 0 amide bonds. The molecule has 1 heterocycles. The number of nitrogens with two attached hydrogens (primary N) is 1. The first-order valence-electron chi connectivity index (χ1n) is 5.99. The summed E-state index contributed by atoms with van der Waals surface area (Å²) in [5.41, 5.74) is 7.23. The first kappa shape index (κ1) is 19.8. The van der Waals surface area contributed by atoms with E-state index in [9.17, 15) is 4.79 Å². The van der Waals surface area contributed by atoms with E-state index in [0.717, 1.165) is 13.0 Å². The van der Waals surface area contributed by atoms with Gasteiger partial charge in [-0.05, 0) is 24.5 Å². The molecule has 1 aromatic rings. The molecule has 7 heteroatoms. The monoisotopic (exact) mass is 507 g/mol. The molecule has 0 saturated carbocycles. The number of nitrogens with one attached hydrogen (secondary N) is 1. The number of benzene rings is 1. The van der Waals surface area contributed by atoms with Crippen molar-refractivity contribution in [3.05, 3.63) is 35.4 Å². The van der Waals surface area contributed by atoms with Crippen molar-refractivity contribution < 1.29 is 9.53 Å². The van der Waals surface area contributed by atoms with Crippen molar-refractivity contribution in [1.82, 2.24) is 5.32 Å². The Morgan fingerprint density at radius 1 is 1.50 bits per heavy atom. The van der Waals surface area contributed by atoms with E-state index in [1.165, 1.54) is 11.1 Å². The Hall–Kier alpha value is -0.227. The summed E-state index contributed by atoms with van der Waals surface area (Å²) < 4.78 is 5.19. The molecule has 1 aromatic carbocycles. The van der Waals surface area contributed by atoms with E-state index >= 15 is 0 Å². The summed E-state index contributed by atoms with van der Waals surface area (Å²) in [5.74, 6) is -0.146. The Kier molecular flexibility index (Phi) is 10.4. The molecule has 1 atom stereocenters. The number of thiocarbonyl (C=S) groups is 1. The largest absolute Gasteiger partial charge is 0.465 e. The van der Waals surface area contributed by atoms with Crippen LogP contribution in [-0.4, -0.2) is 49.1 Å². The molecule has 109 valence electrons. The number of esters is 1. The molecule has 0 spiro atoms. The fourth-order valence-corrected chi connectivity index (χ4v) is 1.86. The molecule has 4 nitrogen and oxygen atoms in total. The molecule has 0 aliphatic carbocycles. The Balaban J connectivity index is 0.000000644. The van der Waals surface area contributed by atoms with Crippen molar-refractivity contribution in [3.63, 3.8) is 0 Å². The van der Waals surface area contributed by atoms with Gasteiger partial charge in [0.05, 0.1) is 6.61 Å². The number of ether oxygens (including phenoxy) is 1. The van der Waals surface area contributed by atoms with E-state index in [0.29, 0.717) is 6.61 Å². The molecule has 3 N–H and O–H groups in total. The van der Waals surface area contributed by atoms with Gasteiger partial charge in [-0.2, -0.15) is 0 Å². The molecule has 0 bridgehead atoms. The predicted molar refractivity (Wildman–Crippen MR) is 88.9 cm³/mol. The van der Waals surface area contributed by atoms with Gasteiger partial charge in [-0.25, -0.2) is 0 Å². The maximum atomic E-state index is 11.5. The molecular formula is C13H18BiN2O2S2. The normalized spacial score (nSPS) is 15.8. The Bertz CT molecular complexity index is 454. The van der Waals surface area contributed by atoms with Crippen molar-refractivity contribution in [2.45, 2.75) is 25.9 Å². The first-order chi connectivity index (χ1) is 9.04. The van der Waals surface area contributed by atoms with E-state index in [2.05, 4.69) is 42.3 Å². The number of hydrogen-bond donors (Lipinski definition) is 3. The minimum absolute atomic E-state index is 0. The van der Waals surface area contributed by atoms with Crippen LogP contribution < -0.4 is 11.1 Å². The molecule has 0 aromatic heterocycles. The number of carbonyl (C=O) groups is 1. The summed E-state index contributed by atoms with van der Waals surface area (Å²) in [7, 11) is 0. The van der Waals surface area contributed by atoms with Crippen LogP contribution in [0, 0.1) is 0 Å². The zero-order valence-electron chi connectivity index (χ0n) is 11.2. The third-order valence-electron chi connectivity index (χ3n) is 2.65. The van der Waals surface area contributed by atoms with Crippen LogP contribution in [0.25, 0.3) is 0 Å². The summed E-state index contributed by atoms with van der Waals surface area (Å²) >= 11 is 7.65. The molecule has 2 rings (SSSR count). The molecule has 20 heavy (non-hydrogen) atoms. The number of hydrogen-bond acceptors (Lipinski definition) is 4. The summed E-state index contributed by atoms with van der Waals surface area (Å²) in [6.45, 7) is 3.02. The molecule has 1 aliphatic heterocycles. The zero-order chi connectivity index (χ0) is 14.3. The van der Waals surface area contributed by atoms with Crippen LogP contribution in [0.2, 0.25) is 0 Å². The van der Waals surface area contributed by atoms with Crippen molar-refractivity contribution in [2.24, 2.45) is 5.73 Å². The minimum atomic E-state index is -0.181. The van der Waals surface area contributed by atoms with Gasteiger partial charge in [0.1, 0.15) is 10.4 Å². The van der Waals surface area contributed by atoms with Crippen molar-refractivity contribution >= 4 is 61.3 Å². The second-order valence-corrected chi connectivity index (χ2v) is 5.22. The smallest absolute Gasteiger partial charge is 0.323 e. The summed E-state index contributed by atoms with van der Waals surface area (Å²) in [5, 5.41) is 3.19. The van der Waals surface area contributed by atoms with E-state index in [1.807, 2.05) is 19.1 Å². The van der Waals surface area contributed by atoms with Crippen molar-refractivity contribution in [3.8, 4) is 0 Å². The van der Waals surface area contributed by atoms with Crippen LogP contribution in [0.4, 0.5) is 0 Å². The van der Waals surface area contributed by atoms with Crippen LogP contribution in [-0.2, 0) is 22.5 Å². The van der Waals surface area contributed by atoms with Crippen molar-refractivity contribution in [2.75, 3.05) is 6.61 Å². The van der Waals surface area contributed by atoms with Crippen LogP contribution in [0.5, 0.6) is 0 Å². The van der Waals surface area contributed by atoms with Gasteiger partial charge in [0.25, 0.3) is 0 Å². The van der Waals surface area contributed by atoms with Crippen molar-refractivity contribution in [1.29, 1.82) is 0 Å². The SMILES string of the molecule is CCOC(=O)C1Cc2ccccc2CN1.NC(=S)S.[Bi]. The fraction of sp³-hybridized carbons (Fsp3) is 0.385. The Morgan fingerprint density at radius 3 is 2.60 bits per heavy atom. The number of rotatable bonds is 2. The van der Waals surface area contributed by atoms with Crippen LogP contribution in [0.15, 0.2) is 24.3 Å². The second kappa shape index (κ2) is 10.5. The maximum absolute atomic E-state index is 11.5. The maximum Gasteiger partial charge on any atom is 0.323 e. The van der Waals surface area contributed by atoms with Gasteiger partial charge in [0.15, 0.2) is 0 Å². The quantitative estimate of drug-likeness (QED) is 0.242. The number of carbonyl (C=O) groups excluding carboxylic acids is 1. The van der Waals surface area contributed by atoms with E-state index in [1.54, 1.807) is 0 Å². The predicted octanol–water partition coefficient (Wildman–Crippen LogP) is 1.04. The van der Waals surface area contributed by atoms with Gasteiger partial charge < -0.3 is 15.8 Å². The van der Waals surface area contributed by atoms with Gasteiger partial charge >= 0.3 is 5.97 Å².